The highest BCUT2D eigenvalue weighted by Gasteiger charge is 2.14. The summed E-state index contributed by atoms with van der Waals surface area (Å²) in [5.74, 6) is -2.84. The second-order valence-electron chi connectivity index (χ2n) is 5.65. The van der Waals surface area contributed by atoms with Crippen LogP contribution in [0.1, 0.15) is 22.5 Å². The summed E-state index contributed by atoms with van der Waals surface area (Å²) in [6.45, 7) is 0. The van der Waals surface area contributed by atoms with E-state index in [0.717, 1.165) is 29.0 Å². The molecule has 0 aliphatic heterocycles. The van der Waals surface area contributed by atoms with E-state index in [2.05, 4.69) is 15.6 Å². The third-order valence-electron chi connectivity index (χ3n) is 3.64. The minimum Gasteiger partial charge on any atom is -0.321 e. The van der Waals surface area contributed by atoms with Gasteiger partial charge in [0.25, 0.3) is 5.91 Å². The van der Waals surface area contributed by atoms with Gasteiger partial charge in [-0.1, -0.05) is 30.3 Å². The van der Waals surface area contributed by atoms with Crippen LogP contribution in [-0.2, 0) is 11.2 Å². The van der Waals surface area contributed by atoms with Gasteiger partial charge < -0.3 is 10.6 Å². The number of aryl methyl sites for hydroxylation is 1. The van der Waals surface area contributed by atoms with Gasteiger partial charge >= 0.3 is 0 Å². The summed E-state index contributed by atoms with van der Waals surface area (Å²) < 4.78 is 26.1. The fourth-order valence-electron chi connectivity index (χ4n) is 2.29. The Morgan fingerprint density at radius 2 is 1.78 bits per heavy atom. The number of nitrogens with one attached hydrogen (secondary N) is 2. The standard InChI is InChI=1S/C19H15F2N3O2S/c20-14-8-7-13(10-15(14)21)22-18(26)16-11-27-19(23-16)24-17(25)9-6-12-4-2-1-3-5-12/h1-5,7-8,10-11H,6,9H2,(H,22,26)(H,23,24,25). The van der Waals surface area contributed by atoms with Gasteiger partial charge in [-0.25, -0.2) is 13.8 Å². The van der Waals surface area contributed by atoms with E-state index in [1.54, 1.807) is 0 Å². The van der Waals surface area contributed by atoms with Gasteiger partial charge in [-0.15, -0.1) is 11.3 Å². The number of benzene rings is 2. The Kier molecular flexibility index (Phi) is 5.87. The maximum atomic E-state index is 13.2. The van der Waals surface area contributed by atoms with Crippen molar-refractivity contribution in [1.82, 2.24) is 4.98 Å². The lowest BCUT2D eigenvalue weighted by Crippen LogP contribution is -2.14. The van der Waals surface area contributed by atoms with E-state index in [1.807, 2.05) is 30.3 Å². The average Bonchev–Trinajstić information content (AvgIpc) is 3.12. The molecule has 0 atom stereocenters. The minimum atomic E-state index is -1.06. The number of nitrogens with zero attached hydrogens (tertiary/aromatic N) is 1. The van der Waals surface area contributed by atoms with Gasteiger partial charge in [0, 0.05) is 23.6 Å². The quantitative estimate of drug-likeness (QED) is 0.664. The van der Waals surface area contributed by atoms with Crippen molar-refractivity contribution in [2.75, 3.05) is 10.6 Å². The molecular weight excluding hydrogens is 372 g/mol. The van der Waals surface area contributed by atoms with Crippen molar-refractivity contribution in [2.24, 2.45) is 0 Å². The molecule has 0 saturated heterocycles. The Bertz CT molecular complexity index is 961. The van der Waals surface area contributed by atoms with Crippen molar-refractivity contribution in [1.29, 1.82) is 0 Å². The first kappa shape index (κ1) is 18.7. The molecule has 0 spiro atoms. The molecule has 3 aromatic rings. The van der Waals surface area contributed by atoms with Crippen LogP contribution in [0.5, 0.6) is 0 Å². The largest absolute Gasteiger partial charge is 0.321 e. The molecule has 8 heteroatoms. The molecule has 27 heavy (non-hydrogen) atoms. The molecule has 0 aliphatic rings. The lowest BCUT2D eigenvalue weighted by Gasteiger charge is -2.04. The van der Waals surface area contributed by atoms with Gasteiger partial charge in [0.2, 0.25) is 5.91 Å². The van der Waals surface area contributed by atoms with Crippen molar-refractivity contribution in [2.45, 2.75) is 12.8 Å². The monoisotopic (exact) mass is 387 g/mol. The number of hydrogen-bond donors (Lipinski definition) is 2. The first-order valence-electron chi connectivity index (χ1n) is 8.07. The normalized spacial score (nSPS) is 10.4. The summed E-state index contributed by atoms with van der Waals surface area (Å²) >= 11 is 1.11. The molecule has 5 nitrogen and oxygen atoms in total. The summed E-state index contributed by atoms with van der Waals surface area (Å²) in [7, 11) is 0. The van der Waals surface area contributed by atoms with Crippen LogP contribution in [0.25, 0.3) is 0 Å². The van der Waals surface area contributed by atoms with Crippen molar-refractivity contribution in [3.8, 4) is 0 Å². The fraction of sp³-hybridized carbons (Fsp3) is 0.105. The van der Waals surface area contributed by atoms with Crippen LogP contribution in [0.4, 0.5) is 19.6 Å². The molecule has 1 heterocycles. The van der Waals surface area contributed by atoms with E-state index in [1.165, 1.54) is 11.4 Å². The summed E-state index contributed by atoms with van der Waals surface area (Å²) in [5, 5.41) is 6.84. The highest BCUT2D eigenvalue weighted by atomic mass is 32.1. The first-order chi connectivity index (χ1) is 13.0. The van der Waals surface area contributed by atoms with E-state index in [0.29, 0.717) is 18.0 Å². The SMILES string of the molecule is O=C(CCc1ccccc1)Nc1nc(C(=O)Nc2ccc(F)c(F)c2)cs1. The summed E-state index contributed by atoms with van der Waals surface area (Å²) in [6.07, 6.45) is 0.890. The Morgan fingerprint density at radius 1 is 1.00 bits per heavy atom. The Morgan fingerprint density at radius 3 is 2.52 bits per heavy atom. The van der Waals surface area contributed by atoms with Crippen molar-refractivity contribution >= 4 is 34.0 Å². The summed E-state index contributed by atoms with van der Waals surface area (Å²) in [6, 6.07) is 12.7. The third kappa shape index (κ3) is 5.18. The Hall–Kier alpha value is -3.13. The molecule has 0 radical (unpaired) electrons. The van der Waals surface area contributed by atoms with Gasteiger partial charge in [0.1, 0.15) is 5.69 Å². The van der Waals surface area contributed by atoms with E-state index in [4.69, 9.17) is 0 Å². The van der Waals surface area contributed by atoms with Gasteiger partial charge in [-0.2, -0.15) is 0 Å². The van der Waals surface area contributed by atoms with Crippen molar-refractivity contribution in [3.05, 3.63) is 76.8 Å². The second-order valence-corrected chi connectivity index (χ2v) is 6.51. The lowest BCUT2D eigenvalue weighted by molar-refractivity contribution is -0.116. The maximum Gasteiger partial charge on any atom is 0.275 e. The van der Waals surface area contributed by atoms with Crippen LogP contribution in [0.15, 0.2) is 53.9 Å². The molecule has 0 unspecified atom stereocenters. The number of hydrogen-bond acceptors (Lipinski definition) is 4. The number of carbonyl (C=O) groups excluding carboxylic acids is 2. The van der Waals surface area contributed by atoms with Gasteiger partial charge in [-0.3, -0.25) is 9.59 Å². The number of amides is 2. The average molecular weight is 387 g/mol. The molecule has 0 fully saturated rings. The predicted octanol–water partition coefficient (Wildman–Crippen LogP) is 4.24. The Labute approximate surface area is 158 Å². The number of anilines is 2. The molecule has 0 saturated carbocycles. The van der Waals surface area contributed by atoms with Crippen LogP contribution in [0, 0.1) is 11.6 Å². The molecule has 138 valence electrons. The van der Waals surface area contributed by atoms with Crippen LogP contribution in [0.3, 0.4) is 0 Å². The zero-order valence-corrected chi connectivity index (χ0v) is 14.9. The van der Waals surface area contributed by atoms with Crippen molar-refractivity contribution < 1.29 is 18.4 Å². The second kappa shape index (κ2) is 8.50. The molecule has 0 bridgehead atoms. The molecule has 1 aromatic heterocycles. The van der Waals surface area contributed by atoms with E-state index in [9.17, 15) is 18.4 Å². The number of rotatable bonds is 6. The topological polar surface area (TPSA) is 71.1 Å². The van der Waals surface area contributed by atoms with Crippen LogP contribution in [0.2, 0.25) is 0 Å². The van der Waals surface area contributed by atoms with E-state index >= 15 is 0 Å². The lowest BCUT2D eigenvalue weighted by atomic mass is 10.1. The zero-order chi connectivity index (χ0) is 19.2. The summed E-state index contributed by atoms with van der Waals surface area (Å²) in [4.78, 5) is 28.2. The molecule has 2 N–H and O–H groups in total. The molecular formula is C19H15F2N3O2S. The van der Waals surface area contributed by atoms with Gasteiger partial charge in [0.05, 0.1) is 0 Å². The van der Waals surface area contributed by atoms with Crippen LogP contribution >= 0.6 is 11.3 Å². The van der Waals surface area contributed by atoms with Gasteiger partial charge in [-0.05, 0) is 24.1 Å². The number of halogens is 2. The highest BCUT2D eigenvalue weighted by molar-refractivity contribution is 7.14. The zero-order valence-electron chi connectivity index (χ0n) is 14.0. The van der Waals surface area contributed by atoms with Crippen molar-refractivity contribution in [3.63, 3.8) is 0 Å². The molecule has 2 amide bonds. The smallest absolute Gasteiger partial charge is 0.275 e. The van der Waals surface area contributed by atoms with E-state index in [-0.39, 0.29) is 17.3 Å². The molecule has 3 rings (SSSR count). The van der Waals surface area contributed by atoms with Gasteiger partial charge in [0.15, 0.2) is 16.8 Å². The summed E-state index contributed by atoms with van der Waals surface area (Å²) in [5.41, 5.74) is 1.24. The first-order valence-corrected chi connectivity index (χ1v) is 8.95. The maximum absolute atomic E-state index is 13.2. The number of aromatic nitrogens is 1. The van der Waals surface area contributed by atoms with Crippen LogP contribution < -0.4 is 10.6 Å². The highest BCUT2D eigenvalue weighted by Crippen LogP contribution is 2.18. The van der Waals surface area contributed by atoms with Crippen LogP contribution in [-0.4, -0.2) is 16.8 Å². The predicted molar refractivity (Wildman–Crippen MR) is 99.8 cm³/mol. The number of thiazole rings is 1. The van der Waals surface area contributed by atoms with E-state index < -0.39 is 17.5 Å². The minimum absolute atomic E-state index is 0.0723. The third-order valence-corrected chi connectivity index (χ3v) is 4.40. The Balaban J connectivity index is 1.54. The molecule has 0 aliphatic carbocycles. The number of carbonyl (C=O) groups is 2. The molecule has 2 aromatic carbocycles. The fourth-order valence-corrected chi connectivity index (χ4v) is 3.00.